The zero-order valence-electron chi connectivity index (χ0n) is 32.9. The van der Waals surface area contributed by atoms with E-state index in [9.17, 15) is 14.7 Å². The first kappa shape index (κ1) is 39.0. The monoisotopic (exact) mass is 869 g/mol. The molecule has 5 atom stereocenters. The third-order valence-electron chi connectivity index (χ3n) is 12.0. The van der Waals surface area contributed by atoms with Crippen LogP contribution in [0.4, 0.5) is 17.1 Å². The summed E-state index contributed by atoms with van der Waals surface area (Å²) in [6.07, 6.45) is 1.89. The van der Waals surface area contributed by atoms with E-state index in [0.29, 0.717) is 47.1 Å². The first-order valence-electron chi connectivity index (χ1n) is 19.8. The predicted octanol–water partition coefficient (Wildman–Crippen LogP) is 8.68. The number of anilines is 3. The Morgan fingerprint density at radius 1 is 0.881 bits per heavy atom. The minimum atomic E-state index is -2.93. The summed E-state index contributed by atoms with van der Waals surface area (Å²) in [7, 11) is -2.93. The van der Waals surface area contributed by atoms with Crippen LogP contribution >= 0.6 is 15.9 Å². The summed E-state index contributed by atoms with van der Waals surface area (Å²) in [5, 5.41) is 19.0. The van der Waals surface area contributed by atoms with Gasteiger partial charge in [-0.25, -0.2) is 0 Å². The zero-order chi connectivity index (χ0) is 41.1. The maximum absolute atomic E-state index is 15.2. The van der Waals surface area contributed by atoms with Crippen molar-refractivity contribution in [1.29, 1.82) is 0 Å². The van der Waals surface area contributed by atoms with E-state index in [1.54, 1.807) is 26.6 Å². The van der Waals surface area contributed by atoms with Crippen molar-refractivity contribution in [3.8, 4) is 11.5 Å². The molecule has 1 unspecified atom stereocenters. The molecule has 4 heterocycles. The normalized spacial score (nSPS) is 21.6. The fourth-order valence-corrected chi connectivity index (χ4v) is 12.4. The Kier molecular flexibility index (Phi) is 10.1. The van der Waals surface area contributed by atoms with Crippen molar-refractivity contribution in [1.82, 2.24) is 15.0 Å². The van der Waals surface area contributed by atoms with Crippen LogP contribution in [0.3, 0.4) is 0 Å². The Hall–Kier alpha value is -5.44. The fraction of sp³-hybridized carbons (Fsp3) is 0.261. The van der Waals surface area contributed by atoms with Crippen molar-refractivity contribution in [2.75, 3.05) is 16.4 Å². The molecule has 300 valence electrons. The number of ether oxygens (including phenoxy) is 2. The average molecular weight is 871 g/mol. The van der Waals surface area contributed by atoms with Crippen molar-refractivity contribution in [3.05, 3.63) is 160 Å². The van der Waals surface area contributed by atoms with Gasteiger partial charge in [-0.2, -0.15) is 0 Å². The molecule has 3 aliphatic rings. The molecule has 5 aromatic carbocycles. The second-order valence-corrected chi connectivity index (χ2v) is 21.0. The Balaban J connectivity index is 1.02. The molecule has 0 saturated carbocycles. The predicted molar refractivity (Wildman–Crippen MR) is 230 cm³/mol. The van der Waals surface area contributed by atoms with Gasteiger partial charge in [-0.1, -0.05) is 94.8 Å². The van der Waals surface area contributed by atoms with Crippen LogP contribution in [0.2, 0.25) is 18.6 Å². The summed E-state index contributed by atoms with van der Waals surface area (Å²) < 4.78 is 15.9. The fourth-order valence-electron chi connectivity index (χ4n) is 9.42. The summed E-state index contributed by atoms with van der Waals surface area (Å²) in [5.74, 6) is -0.0292. The number of aromatic nitrogens is 3. The number of aryl methyl sites for hydroxylation is 1. The van der Waals surface area contributed by atoms with E-state index in [0.717, 1.165) is 26.9 Å². The molecule has 1 saturated heterocycles. The number of aliphatic hydroxyl groups is 1. The van der Waals surface area contributed by atoms with Crippen LogP contribution < -0.4 is 14.5 Å². The molecule has 1 spiro atoms. The van der Waals surface area contributed by atoms with Crippen LogP contribution in [-0.2, 0) is 28.2 Å². The summed E-state index contributed by atoms with van der Waals surface area (Å²) in [6, 6.07) is 37.9. The lowest BCUT2D eigenvalue weighted by molar-refractivity contribution is -0.146. The van der Waals surface area contributed by atoms with Crippen molar-refractivity contribution < 1.29 is 29.0 Å². The maximum Gasteiger partial charge on any atom is 0.266 e. The van der Waals surface area contributed by atoms with E-state index in [1.807, 2.05) is 135 Å². The average Bonchev–Trinajstić information content (AvgIpc) is 3.86. The number of hydrogen-bond acceptors (Lipinski definition) is 8. The van der Waals surface area contributed by atoms with Crippen LogP contribution in [0.15, 0.2) is 132 Å². The standard InChI is InChI=1S/C46H44BrN5O6Si/c1-29-43(59(2,3)56)42(22-23-50-27-37(48-49-50)35(28-53)31-13-5-4-6-14-31)58-46(29)36-25-32(47)20-21-38(36)51(45(46)55)26-30-12-11-15-33(24-30)52-39-17-8-10-19-41(39)57-40-18-9-7-16-34(40)44(52)54/h4-21,24-25,27,29,35,42-43,53,56H,22-23,26,28H2,1-3H3/t29-,35?,42+,43-,46+/m1/s1. The maximum atomic E-state index is 15.2. The van der Waals surface area contributed by atoms with Crippen molar-refractivity contribution >= 4 is 53.1 Å². The van der Waals surface area contributed by atoms with E-state index < -0.39 is 20.0 Å². The lowest BCUT2D eigenvalue weighted by atomic mass is 9.82. The molecule has 59 heavy (non-hydrogen) atoms. The quantitative estimate of drug-likeness (QED) is 0.131. The van der Waals surface area contributed by atoms with Crippen LogP contribution in [-0.4, -0.2) is 57.7 Å². The number of nitrogens with zero attached hydrogens (tertiary/aromatic N) is 5. The summed E-state index contributed by atoms with van der Waals surface area (Å²) in [4.78, 5) is 44.8. The molecule has 2 N–H and O–H groups in total. The Labute approximate surface area is 352 Å². The highest BCUT2D eigenvalue weighted by atomic mass is 79.9. The molecule has 3 aliphatic heterocycles. The smallest absolute Gasteiger partial charge is 0.266 e. The van der Waals surface area contributed by atoms with Gasteiger partial charge in [0.2, 0.25) is 0 Å². The highest BCUT2D eigenvalue weighted by Gasteiger charge is 2.66. The van der Waals surface area contributed by atoms with Crippen LogP contribution in [0, 0.1) is 5.92 Å². The number of aliphatic hydroxyl groups excluding tert-OH is 1. The zero-order valence-corrected chi connectivity index (χ0v) is 35.5. The minimum Gasteiger partial charge on any atom is -0.454 e. The number of para-hydroxylation sites is 3. The van der Waals surface area contributed by atoms with Crippen LogP contribution in [0.1, 0.15) is 52.0 Å². The van der Waals surface area contributed by atoms with Gasteiger partial charge in [0.1, 0.15) is 5.75 Å². The van der Waals surface area contributed by atoms with Crippen molar-refractivity contribution in [3.63, 3.8) is 0 Å². The van der Waals surface area contributed by atoms with Crippen molar-refractivity contribution in [2.45, 2.75) is 62.7 Å². The summed E-state index contributed by atoms with van der Waals surface area (Å²) in [6.45, 7) is 6.42. The van der Waals surface area contributed by atoms with E-state index >= 15 is 4.79 Å². The number of carbonyl (C=O) groups is 2. The van der Waals surface area contributed by atoms with Gasteiger partial charge in [0.05, 0.1) is 47.8 Å². The molecule has 6 aromatic rings. The minimum absolute atomic E-state index is 0.105. The van der Waals surface area contributed by atoms with Gasteiger partial charge in [0.15, 0.2) is 19.7 Å². The lowest BCUT2D eigenvalue weighted by Gasteiger charge is -2.32. The SMILES string of the molecule is C[C@@H]1[C@@H]([Si](C)(C)O)[C@H](CCn2cc(C(CO)c3ccccc3)nn2)O[C@@]12C(=O)N(Cc1cccc(N3C(=O)c4ccccc4Oc4ccccc43)c1)c1ccc(Br)cc12. The van der Waals surface area contributed by atoms with E-state index in [2.05, 4.69) is 26.2 Å². The molecule has 0 radical (unpaired) electrons. The highest BCUT2D eigenvalue weighted by molar-refractivity contribution is 9.10. The van der Waals surface area contributed by atoms with Gasteiger partial charge in [-0.05, 0) is 85.2 Å². The molecule has 0 aliphatic carbocycles. The first-order valence-corrected chi connectivity index (χ1v) is 23.7. The van der Waals surface area contributed by atoms with Crippen molar-refractivity contribution in [2.24, 2.45) is 5.92 Å². The molecule has 9 rings (SSSR count). The summed E-state index contributed by atoms with van der Waals surface area (Å²) >= 11 is 3.67. The topological polar surface area (TPSA) is 130 Å². The highest BCUT2D eigenvalue weighted by Crippen LogP contribution is 2.60. The second-order valence-electron chi connectivity index (χ2n) is 16.1. The van der Waals surface area contributed by atoms with Gasteiger partial charge in [0, 0.05) is 39.9 Å². The van der Waals surface area contributed by atoms with E-state index in [4.69, 9.17) is 9.47 Å². The number of amides is 2. The van der Waals surface area contributed by atoms with Crippen LogP contribution in [0.5, 0.6) is 11.5 Å². The van der Waals surface area contributed by atoms with Gasteiger partial charge in [-0.3, -0.25) is 19.2 Å². The molecular formula is C46H44BrN5O6Si. The summed E-state index contributed by atoms with van der Waals surface area (Å²) in [5.41, 5.74) is 4.01. The Bertz CT molecular complexity index is 2560. The molecule has 2 amide bonds. The van der Waals surface area contributed by atoms with E-state index in [-0.39, 0.29) is 42.3 Å². The molecule has 0 bridgehead atoms. The van der Waals surface area contributed by atoms with Gasteiger partial charge in [-0.15, -0.1) is 5.10 Å². The number of benzene rings is 5. The first-order chi connectivity index (χ1) is 28.5. The number of rotatable bonds is 10. The molecule has 11 nitrogen and oxygen atoms in total. The molecule has 1 aromatic heterocycles. The molecule has 1 fully saturated rings. The lowest BCUT2D eigenvalue weighted by Crippen LogP contribution is -2.46. The number of carbonyl (C=O) groups excluding carboxylic acids is 2. The second kappa shape index (κ2) is 15.3. The number of fused-ring (bicyclic) bond motifs is 4. The van der Waals surface area contributed by atoms with E-state index in [1.165, 1.54) is 0 Å². The van der Waals surface area contributed by atoms with Gasteiger partial charge < -0.3 is 24.3 Å². The van der Waals surface area contributed by atoms with Crippen LogP contribution in [0.25, 0.3) is 0 Å². The Morgan fingerprint density at radius 2 is 1.63 bits per heavy atom. The largest absolute Gasteiger partial charge is 0.454 e. The number of halogens is 1. The Morgan fingerprint density at radius 3 is 2.41 bits per heavy atom. The van der Waals surface area contributed by atoms with Gasteiger partial charge >= 0.3 is 0 Å². The third-order valence-corrected chi connectivity index (χ3v) is 15.0. The molecule has 13 heteroatoms. The van der Waals surface area contributed by atoms with Gasteiger partial charge in [0.25, 0.3) is 11.8 Å². The third kappa shape index (κ3) is 6.80. The number of hydrogen-bond donors (Lipinski definition) is 2. The molecular weight excluding hydrogens is 827 g/mol.